The van der Waals surface area contributed by atoms with Gasteiger partial charge in [0.2, 0.25) is 0 Å². The van der Waals surface area contributed by atoms with Crippen LogP contribution in [0.3, 0.4) is 0 Å². The Morgan fingerprint density at radius 2 is 1.92 bits per heavy atom. The molecule has 0 spiro atoms. The molecule has 0 aliphatic carbocycles. The molecule has 2 aromatic rings. The van der Waals surface area contributed by atoms with Crippen LogP contribution in [0.5, 0.6) is 5.75 Å². The number of aromatic nitrogens is 1. The molecule has 24 heavy (non-hydrogen) atoms. The molecule has 1 fully saturated rings. The fourth-order valence-corrected chi connectivity index (χ4v) is 2.64. The van der Waals surface area contributed by atoms with Gasteiger partial charge in [0, 0.05) is 19.2 Å². The molecule has 1 aromatic carbocycles. The number of carbonyl (C=O) groups is 1. The standard InChI is InChI=1S/C17H15F3N2O2/c18-17(19,20)13-5-1-2-7-15(13)24-12-8-10-22(11-12)16(23)14-6-3-4-9-21-14/h1-7,9,12H,8,10-11H2/t12-/m0/s1. The van der Waals surface area contributed by atoms with E-state index >= 15 is 0 Å². The third-order valence-electron chi connectivity index (χ3n) is 3.80. The van der Waals surface area contributed by atoms with Crippen LogP contribution in [0.1, 0.15) is 22.5 Å². The Kier molecular flexibility index (Phi) is 4.42. The summed E-state index contributed by atoms with van der Waals surface area (Å²) in [6.07, 6.45) is -2.94. The topological polar surface area (TPSA) is 42.4 Å². The van der Waals surface area contributed by atoms with Crippen molar-refractivity contribution < 1.29 is 22.7 Å². The molecule has 7 heteroatoms. The molecule has 0 bridgehead atoms. The highest BCUT2D eigenvalue weighted by Crippen LogP contribution is 2.36. The molecule has 0 N–H and O–H groups in total. The van der Waals surface area contributed by atoms with Crippen molar-refractivity contribution in [3.05, 3.63) is 59.9 Å². The van der Waals surface area contributed by atoms with E-state index in [1.165, 1.54) is 24.4 Å². The van der Waals surface area contributed by atoms with E-state index in [9.17, 15) is 18.0 Å². The normalized spacial score (nSPS) is 17.8. The van der Waals surface area contributed by atoms with Crippen LogP contribution < -0.4 is 4.74 Å². The summed E-state index contributed by atoms with van der Waals surface area (Å²) >= 11 is 0. The molecule has 3 rings (SSSR count). The molecule has 1 aliphatic heterocycles. The quantitative estimate of drug-likeness (QED) is 0.863. The average molecular weight is 336 g/mol. The number of halogens is 3. The lowest BCUT2D eigenvalue weighted by Crippen LogP contribution is -2.31. The van der Waals surface area contributed by atoms with Gasteiger partial charge in [-0.25, -0.2) is 0 Å². The summed E-state index contributed by atoms with van der Waals surface area (Å²) < 4.78 is 44.5. The van der Waals surface area contributed by atoms with Gasteiger partial charge in [0.25, 0.3) is 5.91 Å². The van der Waals surface area contributed by atoms with Crippen LogP contribution >= 0.6 is 0 Å². The van der Waals surface area contributed by atoms with Gasteiger partial charge in [-0.1, -0.05) is 18.2 Å². The minimum atomic E-state index is -4.47. The second kappa shape index (κ2) is 6.51. The average Bonchev–Trinajstić information content (AvgIpc) is 3.03. The van der Waals surface area contributed by atoms with Gasteiger partial charge in [-0.3, -0.25) is 9.78 Å². The summed E-state index contributed by atoms with van der Waals surface area (Å²) in [5.41, 5.74) is -0.492. The van der Waals surface area contributed by atoms with E-state index in [4.69, 9.17) is 4.74 Å². The number of likely N-dealkylation sites (tertiary alicyclic amines) is 1. The number of amides is 1. The number of ether oxygens (including phenoxy) is 1. The van der Waals surface area contributed by atoms with Crippen molar-refractivity contribution in [1.82, 2.24) is 9.88 Å². The number of alkyl halides is 3. The molecular weight excluding hydrogens is 321 g/mol. The number of pyridine rings is 1. The number of para-hydroxylation sites is 1. The zero-order valence-corrected chi connectivity index (χ0v) is 12.7. The first-order valence-electron chi connectivity index (χ1n) is 7.48. The maximum absolute atomic E-state index is 13.0. The molecular formula is C17H15F3N2O2. The number of hydrogen-bond donors (Lipinski definition) is 0. The van der Waals surface area contributed by atoms with Crippen molar-refractivity contribution in [3.8, 4) is 5.75 Å². The van der Waals surface area contributed by atoms with Gasteiger partial charge >= 0.3 is 6.18 Å². The van der Waals surface area contributed by atoms with E-state index < -0.39 is 17.8 Å². The van der Waals surface area contributed by atoms with E-state index in [0.717, 1.165) is 6.07 Å². The molecule has 0 radical (unpaired) electrons. The summed E-state index contributed by atoms with van der Waals surface area (Å²) in [5.74, 6) is -0.451. The van der Waals surface area contributed by atoms with Gasteiger partial charge in [-0.2, -0.15) is 13.2 Å². The Morgan fingerprint density at radius 1 is 1.17 bits per heavy atom. The second-order valence-electron chi connectivity index (χ2n) is 5.49. The molecule has 1 saturated heterocycles. The zero-order valence-electron chi connectivity index (χ0n) is 12.7. The van der Waals surface area contributed by atoms with Crippen LogP contribution in [0.15, 0.2) is 48.7 Å². The Bertz CT molecular complexity index is 719. The predicted molar refractivity (Wildman–Crippen MR) is 80.6 cm³/mol. The van der Waals surface area contributed by atoms with Gasteiger partial charge in [0.05, 0.1) is 12.1 Å². The highest BCUT2D eigenvalue weighted by atomic mass is 19.4. The predicted octanol–water partition coefficient (Wildman–Crippen LogP) is 3.39. The summed E-state index contributed by atoms with van der Waals surface area (Å²) in [4.78, 5) is 17.8. The number of benzene rings is 1. The van der Waals surface area contributed by atoms with E-state index in [2.05, 4.69) is 4.98 Å². The van der Waals surface area contributed by atoms with Crippen LogP contribution in [0.25, 0.3) is 0 Å². The van der Waals surface area contributed by atoms with Gasteiger partial charge in [0.15, 0.2) is 0 Å². The van der Waals surface area contributed by atoms with Crippen LogP contribution in [0, 0.1) is 0 Å². The molecule has 0 saturated carbocycles. The zero-order chi connectivity index (χ0) is 17.2. The van der Waals surface area contributed by atoms with Crippen LogP contribution in [0.2, 0.25) is 0 Å². The molecule has 1 aromatic heterocycles. The van der Waals surface area contributed by atoms with E-state index in [1.54, 1.807) is 23.1 Å². The van der Waals surface area contributed by atoms with Crippen molar-refractivity contribution in [2.24, 2.45) is 0 Å². The lowest BCUT2D eigenvalue weighted by atomic mass is 10.2. The van der Waals surface area contributed by atoms with Crippen molar-refractivity contribution in [3.63, 3.8) is 0 Å². The number of carbonyl (C=O) groups excluding carboxylic acids is 1. The van der Waals surface area contributed by atoms with E-state index in [-0.39, 0.29) is 18.2 Å². The van der Waals surface area contributed by atoms with E-state index in [1.807, 2.05) is 0 Å². The van der Waals surface area contributed by atoms with Gasteiger partial charge < -0.3 is 9.64 Å². The minimum absolute atomic E-state index is 0.206. The number of hydrogen-bond acceptors (Lipinski definition) is 3. The summed E-state index contributed by atoms with van der Waals surface area (Å²) in [7, 11) is 0. The fraction of sp³-hybridized carbons (Fsp3) is 0.294. The minimum Gasteiger partial charge on any atom is -0.488 e. The fourth-order valence-electron chi connectivity index (χ4n) is 2.64. The summed E-state index contributed by atoms with van der Waals surface area (Å²) in [6.45, 7) is 0.663. The van der Waals surface area contributed by atoms with Gasteiger partial charge in [0.1, 0.15) is 17.5 Å². The first-order valence-corrected chi connectivity index (χ1v) is 7.48. The Balaban J connectivity index is 1.68. The Hall–Kier alpha value is -2.57. The van der Waals surface area contributed by atoms with Crippen LogP contribution in [-0.4, -0.2) is 35.0 Å². The monoisotopic (exact) mass is 336 g/mol. The highest BCUT2D eigenvalue weighted by Gasteiger charge is 2.36. The maximum atomic E-state index is 13.0. The molecule has 1 atom stereocenters. The van der Waals surface area contributed by atoms with Crippen molar-refractivity contribution in [2.45, 2.75) is 18.7 Å². The smallest absolute Gasteiger partial charge is 0.419 e. The van der Waals surface area contributed by atoms with Crippen LogP contribution in [-0.2, 0) is 6.18 Å². The summed E-state index contributed by atoms with van der Waals surface area (Å²) in [6, 6.07) is 10.1. The third kappa shape index (κ3) is 3.50. The van der Waals surface area contributed by atoms with Gasteiger partial charge in [-0.05, 0) is 24.3 Å². The van der Waals surface area contributed by atoms with Crippen molar-refractivity contribution in [2.75, 3.05) is 13.1 Å². The Morgan fingerprint density at radius 3 is 2.62 bits per heavy atom. The molecule has 0 unspecified atom stereocenters. The first-order chi connectivity index (χ1) is 11.4. The lowest BCUT2D eigenvalue weighted by Gasteiger charge is -2.19. The molecule has 126 valence electrons. The molecule has 2 heterocycles. The summed E-state index contributed by atoms with van der Waals surface area (Å²) in [5, 5.41) is 0. The van der Waals surface area contributed by atoms with Crippen molar-refractivity contribution in [1.29, 1.82) is 0 Å². The molecule has 1 amide bonds. The maximum Gasteiger partial charge on any atom is 0.419 e. The number of nitrogens with zero attached hydrogens (tertiary/aromatic N) is 2. The molecule has 4 nitrogen and oxygen atoms in total. The van der Waals surface area contributed by atoms with Crippen molar-refractivity contribution >= 4 is 5.91 Å². The largest absolute Gasteiger partial charge is 0.488 e. The second-order valence-corrected chi connectivity index (χ2v) is 5.49. The molecule has 1 aliphatic rings. The third-order valence-corrected chi connectivity index (χ3v) is 3.80. The first kappa shape index (κ1) is 16.3. The Labute approximate surface area is 136 Å². The SMILES string of the molecule is O=C(c1ccccn1)N1CC[C@H](Oc2ccccc2C(F)(F)F)C1. The number of rotatable bonds is 3. The van der Waals surface area contributed by atoms with Gasteiger partial charge in [-0.15, -0.1) is 0 Å². The van der Waals surface area contributed by atoms with E-state index in [0.29, 0.717) is 18.7 Å². The van der Waals surface area contributed by atoms with Crippen LogP contribution in [0.4, 0.5) is 13.2 Å². The lowest BCUT2D eigenvalue weighted by molar-refractivity contribution is -0.139. The highest BCUT2D eigenvalue weighted by molar-refractivity contribution is 5.92.